The minimum atomic E-state index is -3.53. The average molecular weight is 387 g/mol. The van der Waals surface area contributed by atoms with E-state index in [9.17, 15) is 8.42 Å². The van der Waals surface area contributed by atoms with Crippen molar-refractivity contribution in [2.45, 2.75) is 31.0 Å². The van der Waals surface area contributed by atoms with Gasteiger partial charge in [0.2, 0.25) is 0 Å². The summed E-state index contributed by atoms with van der Waals surface area (Å²) in [5, 5.41) is 3.36. The highest BCUT2D eigenvalue weighted by atomic mass is 32.2. The molecule has 1 aromatic heterocycles. The van der Waals surface area contributed by atoms with Gasteiger partial charge in [-0.15, -0.1) is 11.3 Å². The highest BCUT2D eigenvalue weighted by molar-refractivity contribution is 7.94. The quantitative estimate of drug-likeness (QED) is 0.599. The van der Waals surface area contributed by atoms with Gasteiger partial charge in [0.1, 0.15) is 4.21 Å². The monoisotopic (exact) mass is 386 g/mol. The van der Waals surface area contributed by atoms with Crippen LogP contribution in [0.3, 0.4) is 0 Å². The lowest BCUT2D eigenvalue weighted by atomic mass is 10.1. The molecule has 0 saturated heterocycles. The number of hydrogen-bond donors (Lipinski definition) is 2. The molecule has 0 amide bonds. The molecule has 0 bridgehead atoms. The number of rotatable bonds is 7. The van der Waals surface area contributed by atoms with Gasteiger partial charge >= 0.3 is 0 Å². The summed E-state index contributed by atoms with van der Waals surface area (Å²) in [5.41, 5.74) is 3.98. The Morgan fingerprint density at radius 1 is 0.923 bits per heavy atom. The molecular formula is C20H22N2O2S2. The zero-order valence-corrected chi connectivity index (χ0v) is 16.5. The van der Waals surface area contributed by atoms with Gasteiger partial charge < -0.3 is 5.32 Å². The smallest absolute Gasteiger partial charge is 0.271 e. The van der Waals surface area contributed by atoms with Crippen LogP contribution in [-0.2, 0) is 23.0 Å². The Labute approximate surface area is 159 Å². The fourth-order valence-corrected chi connectivity index (χ4v) is 4.91. The largest absolute Gasteiger partial charge is 0.381 e. The molecule has 0 aliphatic carbocycles. The van der Waals surface area contributed by atoms with Gasteiger partial charge in [-0.1, -0.05) is 31.2 Å². The number of sulfonamides is 1. The molecule has 0 fully saturated rings. The van der Waals surface area contributed by atoms with Crippen LogP contribution >= 0.6 is 11.3 Å². The van der Waals surface area contributed by atoms with Crippen LogP contribution < -0.4 is 10.0 Å². The molecule has 0 radical (unpaired) electrons. The van der Waals surface area contributed by atoms with Crippen LogP contribution in [0.15, 0.2) is 64.9 Å². The van der Waals surface area contributed by atoms with Crippen LogP contribution in [0.4, 0.5) is 11.4 Å². The Hall–Kier alpha value is -2.31. The normalized spacial score (nSPS) is 11.3. The second-order valence-electron chi connectivity index (χ2n) is 6.04. The first-order valence-electron chi connectivity index (χ1n) is 8.48. The van der Waals surface area contributed by atoms with Gasteiger partial charge in [0.05, 0.1) is 0 Å². The predicted molar refractivity (Wildman–Crippen MR) is 109 cm³/mol. The average Bonchev–Trinajstić information content (AvgIpc) is 3.12. The standard InChI is InChI=1S/C20H22N2O2S2/c1-3-19-12-13-20(25-19)26(23,24)22-18-10-8-17(9-11-18)21-14-16-7-5-4-6-15(16)2/h4-13,21-22H,3,14H2,1-2H3. The zero-order chi connectivity index (χ0) is 18.6. The van der Waals surface area contributed by atoms with E-state index >= 15 is 0 Å². The Morgan fingerprint density at radius 3 is 2.27 bits per heavy atom. The summed E-state index contributed by atoms with van der Waals surface area (Å²) in [4.78, 5) is 1.06. The van der Waals surface area contributed by atoms with Crippen molar-refractivity contribution < 1.29 is 8.42 Å². The maximum Gasteiger partial charge on any atom is 0.271 e. The van der Waals surface area contributed by atoms with Crippen molar-refractivity contribution in [2.75, 3.05) is 10.0 Å². The fourth-order valence-electron chi connectivity index (χ4n) is 2.56. The summed E-state index contributed by atoms with van der Waals surface area (Å²) >= 11 is 1.31. The molecule has 136 valence electrons. The minimum Gasteiger partial charge on any atom is -0.381 e. The van der Waals surface area contributed by atoms with Gasteiger partial charge in [-0.25, -0.2) is 8.42 Å². The third kappa shape index (κ3) is 4.45. The predicted octanol–water partition coefficient (Wildman–Crippen LogP) is 5.03. The molecule has 2 aromatic carbocycles. The minimum absolute atomic E-state index is 0.344. The molecule has 3 rings (SSSR count). The van der Waals surface area contributed by atoms with Gasteiger partial charge in [-0.3, -0.25) is 4.72 Å². The molecular weight excluding hydrogens is 364 g/mol. The zero-order valence-electron chi connectivity index (χ0n) is 14.8. The van der Waals surface area contributed by atoms with Crippen LogP contribution in [0, 0.1) is 6.92 Å². The Kier molecular flexibility index (Phi) is 5.64. The van der Waals surface area contributed by atoms with E-state index in [-0.39, 0.29) is 0 Å². The van der Waals surface area contributed by atoms with Crippen LogP contribution in [-0.4, -0.2) is 8.42 Å². The van der Waals surface area contributed by atoms with E-state index in [0.717, 1.165) is 23.5 Å². The van der Waals surface area contributed by atoms with E-state index in [1.807, 2.05) is 37.3 Å². The summed E-state index contributed by atoms with van der Waals surface area (Å²) in [7, 11) is -3.53. The Morgan fingerprint density at radius 2 is 1.62 bits per heavy atom. The van der Waals surface area contributed by atoms with Gasteiger partial charge in [0.15, 0.2) is 0 Å². The molecule has 0 spiro atoms. The molecule has 26 heavy (non-hydrogen) atoms. The second kappa shape index (κ2) is 7.93. The van der Waals surface area contributed by atoms with Crippen molar-refractivity contribution in [2.24, 2.45) is 0 Å². The first-order valence-corrected chi connectivity index (χ1v) is 10.8. The molecule has 1 heterocycles. The first kappa shape index (κ1) is 18.5. The Bertz CT molecular complexity index is 977. The van der Waals surface area contributed by atoms with Gasteiger partial charge in [-0.2, -0.15) is 0 Å². The number of anilines is 2. The summed E-state index contributed by atoms with van der Waals surface area (Å²) in [6.07, 6.45) is 0.835. The maximum absolute atomic E-state index is 12.4. The molecule has 2 N–H and O–H groups in total. The van der Waals surface area contributed by atoms with E-state index in [4.69, 9.17) is 0 Å². The lowest BCUT2D eigenvalue weighted by Crippen LogP contribution is -2.11. The van der Waals surface area contributed by atoms with E-state index in [1.54, 1.807) is 18.2 Å². The van der Waals surface area contributed by atoms with Crippen molar-refractivity contribution in [1.82, 2.24) is 0 Å². The van der Waals surface area contributed by atoms with Gasteiger partial charge in [-0.05, 0) is 60.9 Å². The fraction of sp³-hybridized carbons (Fsp3) is 0.200. The number of hydrogen-bond acceptors (Lipinski definition) is 4. The summed E-state index contributed by atoms with van der Waals surface area (Å²) in [6.45, 7) is 4.83. The number of benzene rings is 2. The summed E-state index contributed by atoms with van der Waals surface area (Å²) in [5.74, 6) is 0. The summed E-state index contributed by atoms with van der Waals surface area (Å²) in [6, 6.07) is 19.0. The van der Waals surface area contributed by atoms with Crippen molar-refractivity contribution in [3.63, 3.8) is 0 Å². The molecule has 0 unspecified atom stereocenters. The number of aryl methyl sites for hydroxylation is 2. The molecule has 4 nitrogen and oxygen atoms in total. The van der Waals surface area contributed by atoms with Crippen LogP contribution in [0.2, 0.25) is 0 Å². The molecule has 0 atom stereocenters. The first-order chi connectivity index (χ1) is 12.5. The van der Waals surface area contributed by atoms with E-state index < -0.39 is 10.0 Å². The van der Waals surface area contributed by atoms with Crippen molar-refractivity contribution >= 4 is 32.7 Å². The van der Waals surface area contributed by atoms with Crippen LogP contribution in [0.1, 0.15) is 22.9 Å². The van der Waals surface area contributed by atoms with Gasteiger partial charge in [0.25, 0.3) is 10.0 Å². The number of thiophene rings is 1. The van der Waals surface area contributed by atoms with Crippen LogP contribution in [0.25, 0.3) is 0 Å². The van der Waals surface area contributed by atoms with E-state index in [0.29, 0.717) is 9.90 Å². The topological polar surface area (TPSA) is 58.2 Å². The molecule has 3 aromatic rings. The third-order valence-corrected chi connectivity index (χ3v) is 7.23. The van der Waals surface area contributed by atoms with Crippen molar-refractivity contribution in [1.29, 1.82) is 0 Å². The van der Waals surface area contributed by atoms with Crippen molar-refractivity contribution in [3.05, 3.63) is 76.7 Å². The summed E-state index contributed by atoms with van der Waals surface area (Å²) < 4.78 is 27.9. The maximum atomic E-state index is 12.4. The van der Waals surface area contributed by atoms with Crippen LogP contribution in [0.5, 0.6) is 0 Å². The SMILES string of the molecule is CCc1ccc(S(=O)(=O)Nc2ccc(NCc3ccccc3C)cc2)s1. The molecule has 0 aliphatic heterocycles. The highest BCUT2D eigenvalue weighted by Crippen LogP contribution is 2.25. The van der Waals surface area contributed by atoms with Gasteiger partial charge in [0, 0.05) is 22.8 Å². The van der Waals surface area contributed by atoms with Crippen molar-refractivity contribution in [3.8, 4) is 0 Å². The lowest BCUT2D eigenvalue weighted by Gasteiger charge is -2.10. The lowest BCUT2D eigenvalue weighted by molar-refractivity contribution is 0.603. The third-order valence-electron chi connectivity index (χ3n) is 4.13. The Balaban J connectivity index is 1.65. The molecule has 0 saturated carbocycles. The highest BCUT2D eigenvalue weighted by Gasteiger charge is 2.16. The van der Waals surface area contributed by atoms with E-state index in [2.05, 4.69) is 29.1 Å². The molecule has 0 aliphatic rings. The van der Waals surface area contributed by atoms with E-state index in [1.165, 1.54) is 22.5 Å². The molecule has 6 heteroatoms. The second-order valence-corrected chi connectivity index (χ2v) is 9.11. The number of nitrogens with one attached hydrogen (secondary N) is 2.